The summed E-state index contributed by atoms with van der Waals surface area (Å²) < 4.78 is 42.5. The highest BCUT2D eigenvalue weighted by Gasteiger charge is 2.33. The standard InChI is InChI=1S/C9H8ClF3OS/c1-15-14-5-6-7(9(11,12)13)3-2-4-8(6)10/h2-4H,5H2,1H3. The van der Waals surface area contributed by atoms with E-state index in [0.717, 1.165) is 18.1 Å². The van der Waals surface area contributed by atoms with E-state index in [1.54, 1.807) is 6.26 Å². The summed E-state index contributed by atoms with van der Waals surface area (Å²) in [6, 6.07) is 3.68. The Hall–Kier alpha value is -0.390. The first-order chi connectivity index (χ1) is 6.96. The first-order valence-electron chi connectivity index (χ1n) is 3.97. The van der Waals surface area contributed by atoms with E-state index in [4.69, 9.17) is 15.8 Å². The van der Waals surface area contributed by atoms with Crippen LogP contribution in [0.25, 0.3) is 0 Å². The third kappa shape index (κ3) is 3.29. The van der Waals surface area contributed by atoms with Gasteiger partial charge in [0.25, 0.3) is 0 Å². The molecule has 6 heteroatoms. The molecule has 1 aromatic carbocycles. The fraction of sp³-hybridized carbons (Fsp3) is 0.333. The van der Waals surface area contributed by atoms with E-state index in [1.165, 1.54) is 12.1 Å². The molecule has 0 saturated heterocycles. The molecular weight excluding hydrogens is 249 g/mol. The predicted octanol–water partition coefficient (Wildman–Crippen LogP) is 4.15. The SMILES string of the molecule is CSOCc1c(Cl)cccc1C(F)(F)F. The molecule has 0 aliphatic rings. The van der Waals surface area contributed by atoms with Crippen LogP contribution in [0, 0.1) is 0 Å². The Kier molecular flexibility index (Phi) is 4.31. The van der Waals surface area contributed by atoms with Gasteiger partial charge in [0, 0.05) is 16.8 Å². The van der Waals surface area contributed by atoms with Crippen molar-refractivity contribution >= 4 is 23.6 Å². The van der Waals surface area contributed by atoms with Gasteiger partial charge in [0.1, 0.15) is 0 Å². The summed E-state index contributed by atoms with van der Waals surface area (Å²) in [4.78, 5) is 0. The van der Waals surface area contributed by atoms with Gasteiger partial charge in [0.15, 0.2) is 0 Å². The minimum atomic E-state index is -4.40. The number of rotatable bonds is 3. The van der Waals surface area contributed by atoms with Crippen molar-refractivity contribution in [3.63, 3.8) is 0 Å². The minimum absolute atomic E-state index is 0.0268. The molecule has 15 heavy (non-hydrogen) atoms. The highest BCUT2D eigenvalue weighted by atomic mass is 35.5. The zero-order valence-corrected chi connectivity index (χ0v) is 9.34. The number of hydrogen-bond acceptors (Lipinski definition) is 2. The Balaban J connectivity index is 3.09. The van der Waals surface area contributed by atoms with Gasteiger partial charge in [-0.15, -0.1) is 0 Å². The van der Waals surface area contributed by atoms with Crippen LogP contribution in [0.1, 0.15) is 11.1 Å². The molecule has 0 heterocycles. The molecule has 1 aromatic rings. The fourth-order valence-corrected chi connectivity index (χ4v) is 1.55. The largest absolute Gasteiger partial charge is 0.416 e. The monoisotopic (exact) mass is 256 g/mol. The molecular formula is C9H8ClF3OS. The normalized spacial score (nSPS) is 11.8. The first-order valence-corrected chi connectivity index (χ1v) is 5.49. The minimum Gasteiger partial charge on any atom is -0.311 e. The Bertz CT molecular complexity index is 341. The maximum absolute atomic E-state index is 12.5. The van der Waals surface area contributed by atoms with Crippen LogP contribution < -0.4 is 0 Å². The van der Waals surface area contributed by atoms with Gasteiger partial charge in [-0.25, -0.2) is 0 Å². The number of hydrogen-bond donors (Lipinski definition) is 0. The number of alkyl halides is 3. The lowest BCUT2D eigenvalue weighted by molar-refractivity contribution is -0.138. The van der Waals surface area contributed by atoms with Gasteiger partial charge in [-0.2, -0.15) is 13.2 Å². The molecule has 0 N–H and O–H groups in total. The summed E-state index contributed by atoms with van der Waals surface area (Å²) in [5, 5.41) is 0.0684. The van der Waals surface area contributed by atoms with Gasteiger partial charge in [-0.1, -0.05) is 17.7 Å². The van der Waals surface area contributed by atoms with Crippen molar-refractivity contribution in [3.8, 4) is 0 Å². The van der Waals surface area contributed by atoms with E-state index in [2.05, 4.69) is 0 Å². The van der Waals surface area contributed by atoms with Crippen LogP contribution in [-0.4, -0.2) is 6.26 Å². The van der Waals surface area contributed by atoms with E-state index in [-0.39, 0.29) is 17.2 Å². The molecule has 0 aromatic heterocycles. The van der Waals surface area contributed by atoms with Crippen LogP contribution >= 0.6 is 23.6 Å². The molecule has 1 rings (SSSR count). The van der Waals surface area contributed by atoms with E-state index < -0.39 is 11.7 Å². The Morgan fingerprint density at radius 2 is 2.07 bits per heavy atom. The topological polar surface area (TPSA) is 9.23 Å². The van der Waals surface area contributed by atoms with Gasteiger partial charge in [-0.05, 0) is 24.2 Å². The smallest absolute Gasteiger partial charge is 0.311 e. The quantitative estimate of drug-likeness (QED) is 0.751. The second-order valence-corrected chi connectivity index (χ2v) is 3.67. The molecule has 0 radical (unpaired) electrons. The molecule has 0 fully saturated rings. The lowest BCUT2D eigenvalue weighted by atomic mass is 10.1. The van der Waals surface area contributed by atoms with Crippen molar-refractivity contribution in [1.29, 1.82) is 0 Å². The van der Waals surface area contributed by atoms with Crippen molar-refractivity contribution in [3.05, 3.63) is 34.3 Å². The average molecular weight is 257 g/mol. The molecule has 1 nitrogen and oxygen atoms in total. The van der Waals surface area contributed by atoms with Gasteiger partial charge < -0.3 is 4.18 Å². The third-order valence-electron chi connectivity index (χ3n) is 1.75. The molecule has 0 aliphatic carbocycles. The van der Waals surface area contributed by atoms with E-state index in [0.29, 0.717) is 0 Å². The van der Waals surface area contributed by atoms with Gasteiger partial charge >= 0.3 is 6.18 Å². The molecule has 0 aliphatic heterocycles. The fourth-order valence-electron chi connectivity index (χ4n) is 1.09. The number of halogens is 4. The van der Waals surface area contributed by atoms with Crippen molar-refractivity contribution in [1.82, 2.24) is 0 Å². The molecule has 0 bridgehead atoms. The lowest BCUT2D eigenvalue weighted by Crippen LogP contribution is -2.09. The molecule has 0 spiro atoms. The molecule has 0 unspecified atom stereocenters. The third-order valence-corrected chi connectivity index (χ3v) is 2.45. The van der Waals surface area contributed by atoms with Crippen LogP contribution in [-0.2, 0) is 17.0 Å². The lowest BCUT2D eigenvalue weighted by Gasteiger charge is -2.13. The summed E-state index contributed by atoms with van der Waals surface area (Å²) in [6.45, 7) is -0.157. The second kappa shape index (κ2) is 5.09. The summed E-state index contributed by atoms with van der Waals surface area (Å²) >= 11 is 6.68. The van der Waals surface area contributed by atoms with Crippen molar-refractivity contribution in [2.75, 3.05) is 6.26 Å². The molecule has 0 atom stereocenters. The van der Waals surface area contributed by atoms with Crippen molar-refractivity contribution in [2.45, 2.75) is 12.8 Å². The zero-order chi connectivity index (χ0) is 11.5. The Labute approximate surface area is 94.8 Å². The molecule has 84 valence electrons. The van der Waals surface area contributed by atoms with Crippen LogP contribution in [0.4, 0.5) is 13.2 Å². The van der Waals surface area contributed by atoms with E-state index >= 15 is 0 Å². The average Bonchev–Trinajstić information content (AvgIpc) is 2.14. The van der Waals surface area contributed by atoms with Gasteiger partial charge in [0.2, 0.25) is 0 Å². The van der Waals surface area contributed by atoms with Gasteiger partial charge in [-0.3, -0.25) is 0 Å². The summed E-state index contributed by atoms with van der Waals surface area (Å²) in [5.41, 5.74) is -0.773. The number of benzene rings is 1. The van der Waals surface area contributed by atoms with Crippen molar-refractivity contribution in [2.24, 2.45) is 0 Å². The Morgan fingerprint density at radius 1 is 1.40 bits per heavy atom. The van der Waals surface area contributed by atoms with Crippen LogP contribution in [0.15, 0.2) is 18.2 Å². The Morgan fingerprint density at radius 3 is 2.60 bits per heavy atom. The highest BCUT2D eigenvalue weighted by Crippen LogP contribution is 2.35. The summed E-state index contributed by atoms with van der Waals surface area (Å²) in [5.74, 6) is 0. The zero-order valence-electron chi connectivity index (χ0n) is 7.77. The first kappa shape index (κ1) is 12.7. The van der Waals surface area contributed by atoms with E-state index in [1.807, 2.05) is 0 Å². The van der Waals surface area contributed by atoms with Crippen LogP contribution in [0.2, 0.25) is 5.02 Å². The summed E-state index contributed by atoms with van der Waals surface area (Å²) in [7, 11) is 0. The van der Waals surface area contributed by atoms with E-state index in [9.17, 15) is 13.2 Å². The van der Waals surface area contributed by atoms with Crippen LogP contribution in [0.5, 0.6) is 0 Å². The van der Waals surface area contributed by atoms with Gasteiger partial charge in [0.05, 0.1) is 12.2 Å². The molecule has 0 amide bonds. The maximum atomic E-state index is 12.5. The molecule has 0 saturated carbocycles. The second-order valence-electron chi connectivity index (χ2n) is 2.69. The maximum Gasteiger partial charge on any atom is 0.416 e. The van der Waals surface area contributed by atoms with Crippen molar-refractivity contribution < 1.29 is 17.4 Å². The highest BCUT2D eigenvalue weighted by molar-refractivity contribution is 7.93. The predicted molar refractivity (Wildman–Crippen MR) is 54.8 cm³/mol. The van der Waals surface area contributed by atoms with Crippen LogP contribution in [0.3, 0.4) is 0 Å². The summed E-state index contributed by atoms with van der Waals surface area (Å²) in [6.07, 6.45) is -2.77.